The van der Waals surface area contributed by atoms with E-state index in [1.54, 1.807) is 0 Å². The Morgan fingerprint density at radius 1 is 1.43 bits per heavy atom. The number of hydrogen-bond acceptors (Lipinski definition) is 3. The van der Waals surface area contributed by atoms with Crippen LogP contribution >= 0.6 is 0 Å². The van der Waals surface area contributed by atoms with Crippen LogP contribution in [0.25, 0.3) is 10.9 Å². The minimum absolute atomic E-state index is 0.137. The number of fused-ring (bicyclic) bond motifs is 1. The Kier molecular flexibility index (Phi) is 5.36. The predicted octanol–water partition coefficient (Wildman–Crippen LogP) is 1.17. The fourth-order valence-electron chi connectivity index (χ4n) is 2.36. The molecule has 0 saturated heterocycles. The van der Waals surface area contributed by atoms with E-state index in [4.69, 9.17) is 10.8 Å². The number of carbonyl (C=O) groups is 1. The Morgan fingerprint density at radius 2 is 2.19 bits per heavy atom. The van der Waals surface area contributed by atoms with E-state index in [1.807, 2.05) is 37.4 Å². The summed E-state index contributed by atoms with van der Waals surface area (Å²) in [6.07, 6.45) is 3.09. The van der Waals surface area contributed by atoms with Crippen LogP contribution in [0.1, 0.15) is 18.9 Å². The van der Waals surface area contributed by atoms with Crippen LogP contribution in [0.15, 0.2) is 30.5 Å². The van der Waals surface area contributed by atoms with Crippen molar-refractivity contribution in [1.82, 2.24) is 10.3 Å². The average Bonchev–Trinajstić information content (AvgIpc) is 2.88. The number of aromatic amines is 1. The zero-order chi connectivity index (χ0) is 15.2. The van der Waals surface area contributed by atoms with Crippen LogP contribution < -0.4 is 11.1 Å². The number of aromatic nitrogens is 1. The molecule has 1 aromatic heterocycles. The molecule has 5 N–H and O–H groups in total. The van der Waals surface area contributed by atoms with Gasteiger partial charge in [0.2, 0.25) is 5.91 Å². The van der Waals surface area contributed by atoms with Gasteiger partial charge in [-0.2, -0.15) is 0 Å². The fraction of sp³-hybridized carbons (Fsp3) is 0.438. The highest BCUT2D eigenvalue weighted by Gasteiger charge is 2.16. The molecule has 0 aliphatic rings. The van der Waals surface area contributed by atoms with Crippen molar-refractivity contribution < 1.29 is 9.90 Å². The molecule has 1 amide bonds. The van der Waals surface area contributed by atoms with Gasteiger partial charge in [-0.25, -0.2) is 0 Å². The molecule has 1 aromatic carbocycles. The van der Waals surface area contributed by atoms with Crippen molar-refractivity contribution in [2.24, 2.45) is 11.7 Å². The quantitative estimate of drug-likeness (QED) is 0.616. The summed E-state index contributed by atoms with van der Waals surface area (Å²) in [5.74, 6) is 0.101. The van der Waals surface area contributed by atoms with Crippen molar-refractivity contribution in [2.75, 3.05) is 13.2 Å². The molecule has 114 valence electrons. The number of benzene rings is 1. The Bertz CT molecular complexity index is 594. The summed E-state index contributed by atoms with van der Waals surface area (Å²) < 4.78 is 0. The van der Waals surface area contributed by atoms with Crippen LogP contribution in [0.5, 0.6) is 0 Å². The lowest BCUT2D eigenvalue weighted by molar-refractivity contribution is -0.122. The van der Waals surface area contributed by atoms with Crippen LogP contribution in [0.3, 0.4) is 0 Å². The summed E-state index contributed by atoms with van der Waals surface area (Å²) in [4.78, 5) is 15.2. The van der Waals surface area contributed by atoms with Crippen LogP contribution in [-0.4, -0.2) is 35.2 Å². The maximum Gasteiger partial charge on any atom is 0.237 e. The lowest BCUT2D eigenvalue weighted by atomic mass is 10.0. The number of aliphatic hydroxyl groups is 1. The molecular formula is C16H23N3O2. The standard InChI is InChI=1S/C16H23N3O2/c1-11(6-7-20)9-19-16(21)14(17)8-12-10-18-15-5-3-2-4-13(12)15/h2-5,10-11,14,18,20H,6-9,17H2,1H3,(H,19,21)/t11?,14-/m0/s1. The van der Waals surface area contributed by atoms with E-state index in [1.165, 1.54) is 0 Å². The smallest absolute Gasteiger partial charge is 0.237 e. The van der Waals surface area contributed by atoms with Gasteiger partial charge in [0.15, 0.2) is 0 Å². The van der Waals surface area contributed by atoms with Gasteiger partial charge in [0.05, 0.1) is 6.04 Å². The highest BCUT2D eigenvalue weighted by Crippen LogP contribution is 2.18. The molecule has 0 fully saturated rings. The third-order valence-electron chi connectivity index (χ3n) is 3.70. The van der Waals surface area contributed by atoms with Crippen molar-refractivity contribution in [1.29, 1.82) is 0 Å². The number of H-pyrrole nitrogens is 1. The molecule has 0 bridgehead atoms. The number of nitrogens with one attached hydrogen (secondary N) is 2. The molecule has 0 aliphatic heterocycles. The van der Waals surface area contributed by atoms with E-state index in [9.17, 15) is 4.79 Å². The van der Waals surface area contributed by atoms with E-state index < -0.39 is 6.04 Å². The number of aliphatic hydroxyl groups excluding tert-OH is 1. The first-order valence-corrected chi connectivity index (χ1v) is 7.31. The van der Waals surface area contributed by atoms with E-state index >= 15 is 0 Å². The number of nitrogens with two attached hydrogens (primary N) is 1. The molecule has 0 aliphatic carbocycles. The third-order valence-corrected chi connectivity index (χ3v) is 3.70. The topological polar surface area (TPSA) is 91.1 Å². The minimum Gasteiger partial charge on any atom is -0.396 e. The molecule has 2 rings (SSSR count). The van der Waals surface area contributed by atoms with Crippen LogP contribution in [0, 0.1) is 5.92 Å². The number of para-hydroxylation sites is 1. The Balaban J connectivity index is 1.91. The first kappa shape index (κ1) is 15.5. The summed E-state index contributed by atoms with van der Waals surface area (Å²) in [7, 11) is 0. The molecule has 1 heterocycles. The third kappa shape index (κ3) is 4.06. The summed E-state index contributed by atoms with van der Waals surface area (Å²) in [5, 5.41) is 12.8. The molecule has 0 spiro atoms. The van der Waals surface area contributed by atoms with Gasteiger partial charge in [-0.15, -0.1) is 0 Å². The number of hydrogen-bond donors (Lipinski definition) is 4. The highest BCUT2D eigenvalue weighted by atomic mass is 16.3. The molecule has 5 nitrogen and oxygen atoms in total. The monoisotopic (exact) mass is 289 g/mol. The second-order valence-electron chi connectivity index (χ2n) is 5.53. The fourth-order valence-corrected chi connectivity index (χ4v) is 2.36. The molecular weight excluding hydrogens is 266 g/mol. The zero-order valence-corrected chi connectivity index (χ0v) is 12.3. The predicted molar refractivity (Wildman–Crippen MR) is 83.9 cm³/mol. The highest BCUT2D eigenvalue weighted by molar-refractivity contribution is 5.86. The summed E-state index contributed by atoms with van der Waals surface area (Å²) >= 11 is 0. The van der Waals surface area contributed by atoms with E-state index in [0.29, 0.717) is 19.4 Å². The number of rotatable bonds is 7. The van der Waals surface area contributed by atoms with Crippen molar-refractivity contribution in [2.45, 2.75) is 25.8 Å². The molecule has 1 unspecified atom stereocenters. The van der Waals surface area contributed by atoms with Crippen molar-refractivity contribution in [3.05, 3.63) is 36.0 Å². The van der Waals surface area contributed by atoms with Crippen LogP contribution in [0.4, 0.5) is 0 Å². The molecule has 2 aromatic rings. The van der Waals surface area contributed by atoms with Gasteiger partial charge >= 0.3 is 0 Å². The van der Waals surface area contributed by atoms with Gasteiger partial charge in [0, 0.05) is 30.3 Å². The van der Waals surface area contributed by atoms with E-state index in [2.05, 4.69) is 10.3 Å². The summed E-state index contributed by atoms with van der Waals surface area (Å²) in [5.41, 5.74) is 8.09. The lowest BCUT2D eigenvalue weighted by Gasteiger charge is -2.15. The van der Waals surface area contributed by atoms with Gasteiger partial charge in [0.25, 0.3) is 0 Å². The van der Waals surface area contributed by atoms with E-state index in [-0.39, 0.29) is 18.4 Å². The Morgan fingerprint density at radius 3 is 2.95 bits per heavy atom. The van der Waals surface area contributed by atoms with Gasteiger partial charge in [0.1, 0.15) is 0 Å². The normalized spacial score (nSPS) is 14.0. The van der Waals surface area contributed by atoms with Gasteiger partial charge in [-0.3, -0.25) is 4.79 Å². The van der Waals surface area contributed by atoms with Crippen molar-refractivity contribution >= 4 is 16.8 Å². The summed E-state index contributed by atoms with van der Waals surface area (Å²) in [6.45, 7) is 2.67. The number of carbonyl (C=O) groups excluding carboxylic acids is 1. The van der Waals surface area contributed by atoms with Crippen LogP contribution in [-0.2, 0) is 11.2 Å². The summed E-state index contributed by atoms with van der Waals surface area (Å²) in [6, 6.07) is 7.40. The Labute approximate surface area is 124 Å². The number of amides is 1. The second-order valence-corrected chi connectivity index (χ2v) is 5.53. The molecule has 21 heavy (non-hydrogen) atoms. The maximum atomic E-state index is 12.0. The maximum absolute atomic E-state index is 12.0. The molecule has 0 saturated carbocycles. The second kappa shape index (κ2) is 7.24. The first-order chi connectivity index (χ1) is 10.1. The van der Waals surface area contributed by atoms with E-state index in [0.717, 1.165) is 16.5 Å². The van der Waals surface area contributed by atoms with Crippen molar-refractivity contribution in [3.63, 3.8) is 0 Å². The zero-order valence-electron chi connectivity index (χ0n) is 12.3. The molecule has 0 radical (unpaired) electrons. The van der Waals surface area contributed by atoms with Gasteiger partial charge in [-0.05, 0) is 30.4 Å². The lowest BCUT2D eigenvalue weighted by Crippen LogP contribution is -2.43. The van der Waals surface area contributed by atoms with Crippen LogP contribution in [0.2, 0.25) is 0 Å². The first-order valence-electron chi connectivity index (χ1n) is 7.31. The van der Waals surface area contributed by atoms with Gasteiger partial charge in [-0.1, -0.05) is 25.1 Å². The molecule has 5 heteroatoms. The Hall–Kier alpha value is -1.85. The average molecular weight is 289 g/mol. The SMILES string of the molecule is CC(CCO)CNC(=O)[C@@H](N)Cc1c[nH]c2ccccc12. The minimum atomic E-state index is -0.564. The largest absolute Gasteiger partial charge is 0.396 e. The molecule has 2 atom stereocenters. The van der Waals surface area contributed by atoms with Crippen molar-refractivity contribution in [3.8, 4) is 0 Å². The van der Waals surface area contributed by atoms with Gasteiger partial charge < -0.3 is 21.1 Å².